The van der Waals surface area contributed by atoms with E-state index in [1.807, 2.05) is 0 Å². The number of amides is 1. The molecule has 2 aromatic heterocycles. The van der Waals surface area contributed by atoms with Gasteiger partial charge in [0.2, 0.25) is 5.95 Å². The highest BCUT2D eigenvalue weighted by Gasteiger charge is 2.11. The summed E-state index contributed by atoms with van der Waals surface area (Å²) in [7, 11) is 0. The van der Waals surface area contributed by atoms with Gasteiger partial charge in [0.1, 0.15) is 17.3 Å². The third-order valence-electron chi connectivity index (χ3n) is 2.71. The van der Waals surface area contributed by atoms with Crippen LogP contribution in [0.5, 0.6) is 0 Å². The lowest BCUT2D eigenvalue weighted by atomic mass is 10.2. The van der Waals surface area contributed by atoms with Crippen molar-refractivity contribution in [1.29, 1.82) is 0 Å². The van der Waals surface area contributed by atoms with E-state index >= 15 is 0 Å². The van der Waals surface area contributed by atoms with Gasteiger partial charge in [-0.15, -0.1) is 5.10 Å². The Morgan fingerprint density at radius 1 is 1.25 bits per heavy atom. The van der Waals surface area contributed by atoms with Gasteiger partial charge in [-0.25, -0.2) is 9.37 Å². The van der Waals surface area contributed by atoms with Gasteiger partial charge in [-0.05, 0) is 31.2 Å². The third kappa shape index (κ3) is 2.33. The van der Waals surface area contributed by atoms with Crippen LogP contribution >= 0.6 is 0 Å². The molecule has 0 aliphatic carbocycles. The van der Waals surface area contributed by atoms with Crippen molar-refractivity contribution >= 4 is 22.8 Å². The Labute approximate surface area is 113 Å². The zero-order chi connectivity index (χ0) is 14.1. The van der Waals surface area contributed by atoms with E-state index in [-0.39, 0.29) is 17.5 Å². The van der Waals surface area contributed by atoms with Crippen molar-refractivity contribution in [2.75, 3.05) is 5.32 Å². The minimum atomic E-state index is -0.421. The molecule has 0 fully saturated rings. The molecule has 1 aromatic carbocycles. The van der Waals surface area contributed by atoms with Crippen molar-refractivity contribution in [2.45, 2.75) is 6.92 Å². The molecule has 0 spiro atoms. The lowest BCUT2D eigenvalue weighted by molar-refractivity contribution is 0.102. The summed E-state index contributed by atoms with van der Waals surface area (Å²) in [6, 6.07) is 7.36. The number of hydrogen-bond acceptors (Lipinski definition) is 4. The summed E-state index contributed by atoms with van der Waals surface area (Å²) >= 11 is 0. The van der Waals surface area contributed by atoms with Crippen LogP contribution < -0.4 is 5.32 Å². The van der Waals surface area contributed by atoms with Gasteiger partial charge in [0.05, 0.1) is 5.52 Å². The summed E-state index contributed by atoms with van der Waals surface area (Å²) in [6.07, 6.45) is 0. The van der Waals surface area contributed by atoms with E-state index in [9.17, 15) is 9.18 Å². The summed E-state index contributed by atoms with van der Waals surface area (Å²) in [5.41, 5.74) is 0.761. The number of aromatic nitrogens is 4. The van der Waals surface area contributed by atoms with E-state index in [4.69, 9.17) is 0 Å². The van der Waals surface area contributed by atoms with Crippen LogP contribution in [0.1, 0.15) is 16.3 Å². The number of carbonyl (C=O) groups is 1. The summed E-state index contributed by atoms with van der Waals surface area (Å²) in [6.45, 7) is 1.73. The molecule has 3 aromatic rings. The van der Waals surface area contributed by atoms with Gasteiger partial charge in [-0.2, -0.15) is 4.98 Å². The number of hydrogen-bond donors (Lipinski definition) is 2. The smallest absolute Gasteiger partial charge is 0.276 e. The maximum Gasteiger partial charge on any atom is 0.276 e. The van der Waals surface area contributed by atoms with E-state index in [2.05, 4.69) is 25.5 Å². The van der Waals surface area contributed by atoms with Crippen molar-refractivity contribution in [3.05, 3.63) is 47.7 Å². The highest BCUT2D eigenvalue weighted by Crippen LogP contribution is 2.14. The molecule has 7 heteroatoms. The number of rotatable bonds is 2. The number of halogens is 1. The Morgan fingerprint density at radius 3 is 2.85 bits per heavy atom. The van der Waals surface area contributed by atoms with Gasteiger partial charge in [-0.3, -0.25) is 15.2 Å². The molecule has 0 saturated heterocycles. The number of H-pyrrole nitrogens is 1. The van der Waals surface area contributed by atoms with Crippen molar-refractivity contribution in [1.82, 2.24) is 20.2 Å². The molecule has 3 rings (SSSR count). The zero-order valence-electron chi connectivity index (χ0n) is 10.5. The molecule has 100 valence electrons. The molecule has 0 bridgehead atoms. The van der Waals surface area contributed by atoms with Crippen LogP contribution in [-0.2, 0) is 0 Å². The first-order valence-electron chi connectivity index (χ1n) is 5.88. The summed E-state index contributed by atoms with van der Waals surface area (Å²) in [4.78, 5) is 20.1. The molecule has 0 aliphatic heterocycles. The van der Waals surface area contributed by atoms with Crippen LogP contribution in [0.4, 0.5) is 10.3 Å². The second-order valence-corrected chi connectivity index (χ2v) is 4.23. The Morgan fingerprint density at radius 2 is 2.10 bits per heavy atom. The molecule has 2 N–H and O–H groups in total. The SMILES string of the molecule is Cc1nc(NC(=O)c2ccc3cc(F)ccc3n2)n[nH]1. The topological polar surface area (TPSA) is 83.6 Å². The fraction of sp³-hybridized carbons (Fsp3) is 0.0769. The highest BCUT2D eigenvalue weighted by molar-refractivity contribution is 6.03. The molecule has 1 amide bonds. The molecule has 0 radical (unpaired) electrons. The molecule has 0 unspecified atom stereocenters. The Bertz CT molecular complexity index is 798. The van der Waals surface area contributed by atoms with E-state index in [0.717, 1.165) is 0 Å². The van der Waals surface area contributed by atoms with E-state index < -0.39 is 5.91 Å². The average molecular weight is 271 g/mol. The normalized spacial score (nSPS) is 10.7. The first-order chi connectivity index (χ1) is 9.61. The Hall–Kier alpha value is -2.83. The van der Waals surface area contributed by atoms with Crippen LogP contribution in [0.25, 0.3) is 10.9 Å². The maximum atomic E-state index is 13.1. The van der Waals surface area contributed by atoms with Gasteiger partial charge in [0.25, 0.3) is 5.91 Å². The Balaban J connectivity index is 1.89. The first kappa shape index (κ1) is 12.2. The zero-order valence-corrected chi connectivity index (χ0v) is 10.5. The molecule has 0 atom stereocenters. The molecular formula is C13H10FN5O. The van der Waals surface area contributed by atoms with Gasteiger partial charge >= 0.3 is 0 Å². The largest absolute Gasteiger partial charge is 0.288 e. The van der Waals surface area contributed by atoms with Gasteiger partial charge in [0.15, 0.2) is 0 Å². The molecular weight excluding hydrogens is 261 g/mol. The van der Waals surface area contributed by atoms with Crippen molar-refractivity contribution in [3.8, 4) is 0 Å². The van der Waals surface area contributed by atoms with Gasteiger partial charge < -0.3 is 0 Å². The summed E-state index contributed by atoms with van der Waals surface area (Å²) in [5.74, 6) is 0.0265. The number of nitrogens with zero attached hydrogens (tertiary/aromatic N) is 3. The van der Waals surface area contributed by atoms with Crippen LogP contribution in [-0.4, -0.2) is 26.1 Å². The predicted molar refractivity (Wildman–Crippen MR) is 70.8 cm³/mol. The molecule has 20 heavy (non-hydrogen) atoms. The molecule has 2 heterocycles. The summed E-state index contributed by atoms with van der Waals surface area (Å²) in [5, 5.41) is 9.59. The lowest BCUT2D eigenvalue weighted by Crippen LogP contribution is -2.14. The van der Waals surface area contributed by atoms with Gasteiger partial charge in [-0.1, -0.05) is 6.07 Å². The number of nitrogens with one attached hydrogen (secondary N) is 2. The highest BCUT2D eigenvalue weighted by atomic mass is 19.1. The predicted octanol–water partition coefficient (Wildman–Crippen LogP) is 2.05. The second-order valence-electron chi connectivity index (χ2n) is 4.23. The minimum Gasteiger partial charge on any atom is -0.288 e. The van der Waals surface area contributed by atoms with Gasteiger partial charge in [0, 0.05) is 5.39 Å². The number of carbonyl (C=O) groups excluding carboxylic acids is 1. The maximum absolute atomic E-state index is 13.1. The van der Waals surface area contributed by atoms with E-state index in [0.29, 0.717) is 16.7 Å². The number of benzene rings is 1. The van der Waals surface area contributed by atoms with Crippen molar-refractivity contribution < 1.29 is 9.18 Å². The van der Waals surface area contributed by atoms with Crippen molar-refractivity contribution in [3.63, 3.8) is 0 Å². The second kappa shape index (κ2) is 4.69. The third-order valence-corrected chi connectivity index (χ3v) is 2.71. The quantitative estimate of drug-likeness (QED) is 0.747. The van der Waals surface area contributed by atoms with Crippen LogP contribution in [0.15, 0.2) is 30.3 Å². The standard InChI is InChI=1S/C13H10FN5O/c1-7-15-13(19-18-7)17-12(20)11-4-2-8-6-9(14)3-5-10(8)16-11/h2-6H,1H3,(H2,15,17,18,19,20). The number of aryl methyl sites for hydroxylation is 1. The van der Waals surface area contributed by atoms with Crippen LogP contribution in [0, 0.1) is 12.7 Å². The van der Waals surface area contributed by atoms with E-state index in [1.54, 1.807) is 13.0 Å². The number of fused-ring (bicyclic) bond motifs is 1. The fourth-order valence-electron chi connectivity index (χ4n) is 1.79. The average Bonchev–Trinajstić information content (AvgIpc) is 2.83. The van der Waals surface area contributed by atoms with Crippen LogP contribution in [0.2, 0.25) is 0 Å². The lowest BCUT2D eigenvalue weighted by Gasteiger charge is -2.02. The number of pyridine rings is 1. The minimum absolute atomic E-state index is 0.188. The first-order valence-corrected chi connectivity index (χ1v) is 5.88. The summed E-state index contributed by atoms with van der Waals surface area (Å²) < 4.78 is 13.1. The molecule has 0 saturated carbocycles. The number of anilines is 1. The molecule has 0 aliphatic rings. The molecule has 6 nitrogen and oxygen atoms in total. The van der Waals surface area contributed by atoms with E-state index in [1.165, 1.54) is 24.3 Å². The number of aromatic amines is 1. The van der Waals surface area contributed by atoms with Crippen LogP contribution in [0.3, 0.4) is 0 Å². The van der Waals surface area contributed by atoms with Crippen molar-refractivity contribution in [2.24, 2.45) is 0 Å². The monoisotopic (exact) mass is 271 g/mol. The fourth-order valence-corrected chi connectivity index (χ4v) is 1.79. The Kier molecular flexibility index (Phi) is 2.86.